The van der Waals surface area contributed by atoms with Crippen molar-refractivity contribution in [1.29, 1.82) is 0 Å². The molecule has 0 bridgehead atoms. The van der Waals surface area contributed by atoms with Crippen LogP contribution in [-0.4, -0.2) is 19.0 Å². The van der Waals surface area contributed by atoms with Crippen molar-refractivity contribution >= 4 is 5.91 Å². The van der Waals surface area contributed by atoms with Crippen molar-refractivity contribution in [2.75, 3.05) is 13.1 Å². The molecule has 3 heteroatoms. The molecule has 2 unspecified atom stereocenters. The summed E-state index contributed by atoms with van der Waals surface area (Å²) in [7, 11) is 0. The predicted molar refractivity (Wildman–Crippen MR) is 48.6 cm³/mol. The van der Waals surface area contributed by atoms with Crippen LogP contribution in [0.5, 0.6) is 0 Å². The molecule has 0 aromatic rings. The quantitative estimate of drug-likeness (QED) is 0.648. The molecule has 12 heavy (non-hydrogen) atoms. The molecule has 2 atom stereocenters. The summed E-state index contributed by atoms with van der Waals surface area (Å²) in [5.74, 6) is 0.912. The Bertz CT molecular complexity index is 153. The van der Waals surface area contributed by atoms with E-state index in [0.717, 1.165) is 13.1 Å². The average molecular weight is 170 g/mol. The number of piperidine rings is 1. The second-order valence-corrected chi connectivity index (χ2v) is 3.75. The van der Waals surface area contributed by atoms with Crippen LogP contribution in [0, 0.1) is 11.8 Å². The van der Waals surface area contributed by atoms with Gasteiger partial charge in [0.05, 0.1) is 0 Å². The SMILES string of the molecule is CC(CC(N)=O)C1CCCNC1. The summed E-state index contributed by atoms with van der Waals surface area (Å²) in [6, 6.07) is 0. The number of hydrogen-bond acceptors (Lipinski definition) is 2. The lowest BCUT2D eigenvalue weighted by Gasteiger charge is -2.27. The Morgan fingerprint density at radius 1 is 1.75 bits per heavy atom. The lowest BCUT2D eigenvalue weighted by molar-refractivity contribution is -0.119. The molecule has 0 saturated carbocycles. The number of amides is 1. The first kappa shape index (κ1) is 9.52. The van der Waals surface area contributed by atoms with E-state index in [2.05, 4.69) is 12.2 Å². The van der Waals surface area contributed by atoms with Crippen molar-refractivity contribution in [3.05, 3.63) is 0 Å². The van der Waals surface area contributed by atoms with Crippen LogP contribution in [0.4, 0.5) is 0 Å². The van der Waals surface area contributed by atoms with Crippen molar-refractivity contribution in [3.63, 3.8) is 0 Å². The number of rotatable bonds is 3. The first-order chi connectivity index (χ1) is 5.70. The van der Waals surface area contributed by atoms with Crippen molar-refractivity contribution in [3.8, 4) is 0 Å². The van der Waals surface area contributed by atoms with E-state index in [1.54, 1.807) is 0 Å². The fourth-order valence-corrected chi connectivity index (χ4v) is 1.85. The number of nitrogens with two attached hydrogens (primary N) is 1. The van der Waals surface area contributed by atoms with Gasteiger partial charge in [0.1, 0.15) is 0 Å². The van der Waals surface area contributed by atoms with Gasteiger partial charge in [-0.3, -0.25) is 4.79 Å². The van der Waals surface area contributed by atoms with Crippen LogP contribution < -0.4 is 11.1 Å². The van der Waals surface area contributed by atoms with Crippen LogP contribution in [0.25, 0.3) is 0 Å². The van der Waals surface area contributed by atoms with Crippen molar-refractivity contribution in [1.82, 2.24) is 5.32 Å². The normalized spacial score (nSPS) is 26.6. The zero-order valence-electron chi connectivity index (χ0n) is 7.68. The van der Waals surface area contributed by atoms with E-state index in [9.17, 15) is 4.79 Å². The van der Waals surface area contributed by atoms with Crippen molar-refractivity contribution in [2.45, 2.75) is 26.2 Å². The Hall–Kier alpha value is -0.570. The molecule has 70 valence electrons. The van der Waals surface area contributed by atoms with Crippen molar-refractivity contribution in [2.24, 2.45) is 17.6 Å². The molecule has 1 fully saturated rings. The average Bonchev–Trinajstić information content (AvgIpc) is 2.05. The molecule has 1 rings (SSSR count). The van der Waals surface area contributed by atoms with Crippen LogP contribution in [0.2, 0.25) is 0 Å². The Labute approximate surface area is 73.7 Å². The highest BCUT2D eigenvalue weighted by Crippen LogP contribution is 2.21. The molecule has 0 aliphatic carbocycles. The van der Waals surface area contributed by atoms with Crippen molar-refractivity contribution < 1.29 is 4.79 Å². The van der Waals surface area contributed by atoms with E-state index in [4.69, 9.17) is 5.73 Å². The minimum absolute atomic E-state index is 0.173. The third kappa shape index (κ3) is 2.81. The van der Waals surface area contributed by atoms with Gasteiger partial charge in [-0.1, -0.05) is 6.92 Å². The topological polar surface area (TPSA) is 55.1 Å². The third-order valence-electron chi connectivity index (χ3n) is 2.66. The minimum Gasteiger partial charge on any atom is -0.370 e. The number of carbonyl (C=O) groups is 1. The minimum atomic E-state index is -0.173. The van der Waals surface area contributed by atoms with E-state index < -0.39 is 0 Å². The maximum atomic E-state index is 10.7. The lowest BCUT2D eigenvalue weighted by atomic mass is 9.85. The van der Waals surface area contributed by atoms with Gasteiger partial charge < -0.3 is 11.1 Å². The zero-order chi connectivity index (χ0) is 8.97. The monoisotopic (exact) mass is 170 g/mol. The van der Waals surface area contributed by atoms with Crippen LogP contribution >= 0.6 is 0 Å². The molecule has 1 saturated heterocycles. The zero-order valence-corrected chi connectivity index (χ0v) is 7.68. The summed E-state index contributed by atoms with van der Waals surface area (Å²) in [6.45, 7) is 4.29. The largest absolute Gasteiger partial charge is 0.370 e. The lowest BCUT2D eigenvalue weighted by Crippen LogP contribution is -2.34. The summed E-state index contributed by atoms with van der Waals surface area (Å²) in [5.41, 5.74) is 5.14. The van der Waals surface area contributed by atoms with Crippen LogP contribution in [-0.2, 0) is 4.79 Å². The van der Waals surface area contributed by atoms with Gasteiger partial charge in [0.15, 0.2) is 0 Å². The van der Waals surface area contributed by atoms with Gasteiger partial charge in [0, 0.05) is 6.42 Å². The van der Waals surface area contributed by atoms with Crippen LogP contribution in [0.15, 0.2) is 0 Å². The smallest absolute Gasteiger partial charge is 0.217 e. The van der Waals surface area contributed by atoms with Gasteiger partial charge in [-0.25, -0.2) is 0 Å². The van der Waals surface area contributed by atoms with Crippen LogP contribution in [0.1, 0.15) is 26.2 Å². The molecular formula is C9H18N2O. The summed E-state index contributed by atoms with van der Waals surface area (Å²) in [4.78, 5) is 10.7. The number of nitrogens with one attached hydrogen (secondary N) is 1. The molecule has 1 amide bonds. The molecular weight excluding hydrogens is 152 g/mol. The molecule has 0 spiro atoms. The molecule has 0 aromatic heterocycles. The second-order valence-electron chi connectivity index (χ2n) is 3.75. The van der Waals surface area contributed by atoms with E-state index >= 15 is 0 Å². The fraction of sp³-hybridized carbons (Fsp3) is 0.889. The number of primary amides is 1. The Morgan fingerprint density at radius 3 is 3.00 bits per heavy atom. The van der Waals surface area contributed by atoms with Gasteiger partial charge in [-0.2, -0.15) is 0 Å². The first-order valence-electron chi connectivity index (χ1n) is 4.69. The fourth-order valence-electron chi connectivity index (χ4n) is 1.85. The van der Waals surface area contributed by atoms with Gasteiger partial charge >= 0.3 is 0 Å². The highest BCUT2D eigenvalue weighted by molar-refractivity contribution is 5.73. The van der Waals surface area contributed by atoms with Gasteiger partial charge in [-0.15, -0.1) is 0 Å². The third-order valence-corrected chi connectivity index (χ3v) is 2.66. The van der Waals surface area contributed by atoms with Crippen LogP contribution in [0.3, 0.4) is 0 Å². The molecule has 1 aliphatic rings. The van der Waals surface area contributed by atoms with E-state index in [1.165, 1.54) is 12.8 Å². The Morgan fingerprint density at radius 2 is 2.50 bits per heavy atom. The first-order valence-corrected chi connectivity index (χ1v) is 4.69. The standard InChI is InChI=1S/C9H18N2O/c1-7(5-9(10)12)8-3-2-4-11-6-8/h7-8,11H,2-6H2,1H3,(H2,10,12). The van der Waals surface area contributed by atoms with Gasteiger partial charge in [0.25, 0.3) is 0 Å². The van der Waals surface area contributed by atoms with Gasteiger partial charge in [0.2, 0.25) is 5.91 Å². The predicted octanol–water partition coefficient (Wildman–Crippen LogP) is 0.498. The van der Waals surface area contributed by atoms with E-state index in [0.29, 0.717) is 18.3 Å². The summed E-state index contributed by atoms with van der Waals surface area (Å²) < 4.78 is 0. The summed E-state index contributed by atoms with van der Waals surface area (Å²) >= 11 is 0. The molecule has 0 radical (unpaired) electrons. The highest BCUT2D eigenvalue weighted by Gasteiger charge is 2.20. The molecule has 3 N–H and O–H groups in total. The molecule has 0 aromatic carbocycles. The van der Waals surface area contributed by atoms with E-state index in [1.807, 2.05) is 0 Å². The highest BCUT2D eigenvalue weighted by atomic mass is 16.1. The number of hydrogen-bond donors (Lipinski definition) is 2. The molecule has 1 heterocycles. The Balaban J connectivity index is 2.29. The summed E-state index contributed by atoms with van der Waals surface area (Å²) in [6.07, 6.45) is 3.00. The molecule has 1 aliphatic heterocycles. The van der Waals surface area contributed by atoms with E-state index in [-0.39, 0.29) is 5.91 Å². The maximum absolute atomic E-state index is 10.7. The second kappa shape index (κ2) is 4.45. The Kier molecular flexibility index (Phi) is 3.53. The molecule has 3 nitrogen and oxygen atoms in total. The summed E-state index contributed by atoms with van der Waals surface area (Å²) in [5, 5.41) is 3.34. The maximum Gasteiger partial charge on any atom is 0.217 e. The van der Waals surface area contributed by atoms with Gasteiger partial charge in [-0.05, 0) is 37.8 Å². The number of carbonyl (C=O) groups excluding carboxylic acids is 1.